The first-order chi connectivity index (χ1) is 6.27. The lowest BCUT2D eigenvalue weighted by Gasteiger charge is -2.14. The molecule has 2 rings (SSSR count). The van der Waals surface area contributed by atoms with E-state index in [1.165, 1.54) is 24.0 Å². The fraction of sp³-hybridized carbons (Fsp3) is 0.455. The predicted molar refractivity (Wildman–Crippen MR) is 50.9 cm³/mol. The van der Waals surface area contributed by atoms with Gasteiger partial charge in [-0.25, -0.2) is 0 Å². The summed E-state index contributed by atoms with van der Waals surface area (Å²) >= 11 is 0. The van der Waals surface area contributed by atoms with E-state index in [1.54, 1.807) is 6.92 Å². The lowest BCUT2D eigenvalue weighted by Crippen LogP contribution is -2.06. The number of hydrogen-bond acceptors (Lipinski definition) is 2. The third kappa shape index (κ3) is 1.62. The number of aromatic nitrogens is 1. The maximum absolute atomic E-state index is 11.1. The lowest BCUT2D eigenvalue weighted by atomic mass is 9.92. The van der Waals surface area contributed by atoms with Crippen molar-refractivity contribution in [1.82, 2.24) is 4.98 Å². The van der Waals surface area contributed by atoms with Crippen LogP contribution in [-0.2, 0) is 12.8 Å². The Balaban J connectivity index is 2.40. The molecule has 2 nitrogen and oxygen atoms in total. The number of fused-ring (bicyclic) bond motifs is 1. The largest absolute Gasteiger partial charge is 0.293 e. The Labute approximate surface area is 78.0 Å². The molecule has 0 saturated carbocycles. The Bertz CT molecular complexity index is 344. The van der Waals surface area contributed by atoms with Crippen molar-refractivity contribution in [3.05, 3.63) is 29.1 Å². The summed E-state index contributed by atoms with van der Waals surface area (Å²) < 4.78 is 0. The van der Waals surface area contributed by atoms with Gasteiger partial charge in [-0.15, -0.1) is 0 Å². The van der Waals surface area contributed by atoms with Crippen molar-refractivity contribution in [2.24, 2.45) is 0 Å². The van der Waals surface area contributed by atoms with E-state index in [2.05, 4.69) is 4.98 Å². The molecule has 0 bridgehead atoms. The number of nitrogens with zero attached hydrogens (tertiary/aromatic N) is 1. The molecule has 68 valence electrons. The van der Waals surface area contributed by atoms with Crippen molar-refractivity contribution in [2.75, 3.05) is 0 Å². The lowest BCUT2D eigenvalue weighted by molar-refractivity contribution is 0.101. The van der Waals surface area contributed by atoms with Crippen molar-refractivity contribution in [3.8, 4) is 0 Å². The topological polar surface area (TPSA) is 30.0 Å². The third-order valence-corrected chi connectivity index (χ3v) is 2.59. The van der Waals surface area contributed by atoms with E-state index in [0.717, 1.165) is 12.8 Å². The first-order valence-electron chi connectivity index (χ1n) is 4.76. The van der Waals surface area contributed by atoms with E-state index in [1.807, 2.05) is 12.3 Å². The zero-order chi connectivity index (χ0) is 9.26. The molecule has 0 aliphatic heterocycles. The number of rotatable bonds is 1. The van der Waals surface area contributed by atoms with Crippen molar-refractivity contribution in [3.63, 3.8) is 0 Å². The molecule has 0 atom stereocenters. The zero-order valence-electron chi connectivity index (χ0n) is 7.84. The van der Waals surface area contributed by atoms with Crippen LogP contribution < -0.4 is 0 Å². The maximum atomic E-state index is 11.1. The smallest absolute Gasteiger partial charge is 0.178 e. The molecule has 1 heterocycles. The van der Waals surface area contributed by atoms with E-state index in [9.17, 15) is 4.79 Å². The fourth-order valence-electron chi connectivity index (χ4n) is 1.81. The highest BCUT2D eigenvalue weighted by Gasteiger charge is 2.11. The van der Waals surface area contributed by atoms with Gasteiger partial charge in [0, 0.05) is 13.1 Å². The molecule has 0 amide bonds. The first-order valence-corrected chi connectivity index (χ1v) is 4.76. The first kappa shape index (κ1) is 8.42. The van der Waals surface area contributed by atoms with Crippen LogP contribution in [0.3, 0.4) is 0 Å². The number of pyridine rings is 1. The van der Waals surface area contributed by atoms with Crippen LogP contribution in [0.25, 0.3) is 0 Å². The Kier molecular flexibility index (Phi) is 2.13. The van der Waals surface area contributed by atoms with Crippen LogP contribution in [0, 0.1) is 0 Å². The molecule has 0 saturated heterocycles. The van der Waals surface area contributed by atoms with E-state index in [0.29, 0.717) is 5.69 Å². The Morgan fingerprint density at radius 2 is 2.00 bits per heavy atom. The van der Waals surface area contributed by atoms with Crippen LogP contribution in [0.4, 0.5) is 0 Å². The van der Waals surface area contributed by atoms with Crippen molar-refractivity contribution in [1.29, 1.82) is 0 Å². The number of carbonyl (C=O) groups excluding carboxylic acids is 1. The monoisotopic (exact) mass is 175 g/mol. The molecule has 1 aromatic heterocycles. The average molecular weight is 175 g/mol. The quantitative estimate of drug-likeness (QED) is 0.612. The summed E-state index contributed by atoms with van der Waals surface area (Å²) in [6.45, 7) is 1.57. The molecule has 1 aliphatic rings. The molecule has 0 fully saturated rings. The minimum Gasteiger partial charge on any atom is -0.293 e. The standard InChI is InChI=1S/C11H13NO/c1-8(13)11-6-9-4-2-3-5-10(9)7-12-11/h6-7H,2-5H2,1H3. The van der Waals surface area contributed by atoms with Gasteiger partial charge in [-0.05, 0) is 42.9 Å². The minimum atomic E-state index is 0.0633. The summed E-state index contributed by atoms with van der Waals surface area (Å²) in [4.78, 5) is 15.2. The highest BCUT2D eigenvalue weighted by molar-refractivity contribution is 5.92. The number of ketones is 1. The molecule has 1 aromatic rings. The van der Waals surface area contributed by atoms with Crippen LogP contribution in [0.5, 0.6) is 0 Å². The molecule has 0 unspecified atom stereocenters. The Morgan fingerprint density at radius 3 is 2.69 bits per heavy atom. The molecular weight excluding hydrogens is 162 g/mol. The van der Waals surface area contributed by atoms with Gasteiger partial charge in [0.2, 0.25) is 0 Å². The molecule has 0 aromatic carbocycles. The maximum Gasteiger partial charge on any atom is 0.178 e. The fourth-order valence-corrected chi connectivity index (χ4v) is 1.81. The summed E-state index contributed by atoms with van der Waals surface area (Å²) in [7, 11) is 0. The molecule has 0 radical (unpaired) electrons. The van der Waals surface area contributed by atoms with Gasteiger partial charge >= 0.3 is 0 Å². The number of aryl methyl sites for hydroxylation is 2. The SMILES string of the molecule is CC(=O)c1cc2c(cn1)CCCC2. The Hall–Kier alpha value is -1.18. The molecular formula is C11H13NO. The molecule has 1 aliphatic carbocycles. The van der Waals surface area contributed by atoms with Gasteiger partial charge in [0.25, 0.3) is 0 Å². The highest BCUT2D eigenvalue weighted by atomic mass is 16.1. The van der Waals surface area contributed by atoms with Crippen LogP contribution in [0.1, 0.15) is 41.4 Å². The van der Waals surface area contributed by atoms with E-state index in [4.69, 9.17) is 0 Å². The second-order valence-corrected chi connectivity index (χ2v) is 3.60. The summed E-state index contributed by atoms with van der Waals surface area (Å²) in [5, 5.41) is 0. The van der Waals surface area contributed by atoms with Crippen molar-refractivity contribution < 1.29 is 4.79 Å². The summed E-state index contributed by atoms with van der Waals surface area (Å²) in [5.74, 6) is 0.0633. The van der Waals surface area contributed by atoms with Crippen LogP contribution in [0.15, 0.2) is 12.3 Å². The molecule has 0 N–H and O–H groups in total. The molecule has 0 spiro atoms. The normalized spacial score (nSPS) is 15.2. The van der Waals surface area contributed by atoms with E-state index >= 15 is 0 Å². The summed E-state index contributed by atoms with van der Waals surface area (Å²) in [6.07, 6.45) is 6.60. The van der Waals surface area contributed by atoms with Crippen molar-refractivity contribution in [2.45, 2.75) is 32.6 Å². The predicted octanol–water partition coefficient (Wildman–Crippen LogP) is 2.16. The van der Waals surface area contributed by atoms with Gasteiger partial charge in [-0.2, -0.15) is 0 Å². The third-order valence-electron chi connectivity index (χ3n) is 2.59. The average Bonchev–Trinajstić information content (AvgIpc) is 2.17. The van der Waals surface area contributed by atoms with Gasteiger partial charge in [-0.1, -0.05) is 0 Å². The Morgan fingerprint density at radius 1 is 1.31 bits per heavy atom. The van der Waals surface area contributed by atoms with Crippen LogP contribution in [0.2, 0.25) is 0 Å². The number of Topliss-reactive ketones (excluding diaryl/α,β-unsaturated/α-hetero) is 1. The van der Waals surface area contributed by atoms with Gasteiger partial charge in [0.1, 0.15) is 5.69 Å². The minimum absolute atomic E-state index is 0.0633. The zero-order valence-corrected chi connectivity index (χ0v) is 7.84. The summed E-state index contributed by atoms with van der Waals surface area (Å²) in [6, 6.07) is 1.96. The van der Waals surface area contributed by atoms with Crippen molar-refractivity contribution >= 4 is 5.78 Å². The summed E-state index contributed by atoms with van der Waals surface area (Å²) in [5.41, 5.74) is 3.27. The number of carbonyl (C=O) groups is 1. The van der Waals surface area contributed by atoms with Crippen LogP contribution in [-0.4, -0.2) is 10.8 Å². The van der Waals surface area contributed by atoms with Gasteiger partial charge in [0.05, 0.1) is 0 Å². The van der Waals surface area contributed by atoms with E-state index in [-0.39, 0.29) is 5.78 Å². The van der Waals surface area contributed by atoms with Crippen LogP contribution >= 0.6 is 0 Å². The van der Waals surface area contributed by atoms with Gasteiger partial charge < -0.3 is 0 Å². The van der Waals surface area contributed by atoms with Gasteiger partial charge in [-0.3, -0.25) is 9.78 Å². The molecule has 2 heteroatoms. The van der Waals surface area contributed by atoms with E-state index < -0.39 is 0 Å². The number of hydrogen-bond donors (Lipinski definition) is 0. The highest BCUT2D eigenvalue weighted by Crippen LogP contribution is 2.20. The van der Waals surface area contributed by atoms with Gasteiger partial charge in [0.15, 0.2) is 5.78 Å². The molecule has 13 heavy (non-hydrogen) atoms. The second-order valence-electron chi connectivity index (χ2n) is 3.60. The second kappa shape index (κ2) is 3.29.